The van der Waals surface area contributed by atoms with E-state index >= 15 is 0 Å². The van der Waals surface area contributed by atoms with E-state index in [2.05, 4.69) is 20.9 Å². The molecule has 6 atom stereocenters. The van der Waals surface area contributed by atoms with Crippen molar-refractivity contribution < 1.29 is 39.3 Å². The normalized spacial score (nSPS) is 15.9. The molecule has 0 rings (SSSR count). The number of nitrogens with zero attached hydrogens (tertiary/aromatic N) is 1. The Morgan fingerprint density at radius 1 is 0.914 bits per heavy atom. The van der Waals surface area contributed by atoms with Crippen molar-refractivity contribution in [1.29, 1.82) is 0 Å². The molecule has 0 aromatic carbocycles. The molecule has 6 unspecified atom stereocenters. The molecule has 0 aliphatic heterocycles. The number of guanidine groups is 1. The van der Waals surface area contributed by atoms with Crippen LogP contribution in [0.5, 0.6) is 0 Å². The molecule has 0 aromatic rings. The van der Waals surface area contributed by atoms with Gasteiger partial charge in [-0.15, -0.1) is 0 Å². The van der Waals surface area contributed by atoms with Crippen molar-refractivity contribution in [2.45, 2.75) is 76.7 Å². The summed E-state index contributed by atoms with van der Waals surface area (Å²) < 4.78 is 0. The maximum absolute atomic E-state index is 13.0. The number of aliphatic imine (C=N–C) groups is 1. The number of hydrogen-bond acceptors (Lipinski definition) is 8. The van der Waals surface area contributed by atoms with Crippen LogP contribution in [0.3, 0.4) is 0 Å². The maximum Gasteiger partial charge on any atom is 0.326 e. The van der Waals surface area contributed by atoms with Crippen molar-refractivity contribution in [3.8, 4) is 0 Å². The van der Waals surface area contributed by atoms with E-state index < -0.39 is 72.3 Å². The third-order valence-electron chi connectivity index (χ3n) is 5.19. The summed E-state index contributed by atoms with van der Waals surface area (Å²) in [5.74, 6) is -6.09. The number of nitrogens with two attached hydrogens (primary N) is 3. The summed E-state index contributed by atoms with van der Waals surface area (Å²) >= 11 is 0. The lowest BCUT2D eigenvalue weighted by Crippen LogP contribution is -2.59. The van der Waals surface area contributed by atoms with Crippen molar-refractivity contribution in [2.24, 2.45) is 28.1 Å². The average molecular weight is 504 g/mol. The van der Waals surface area contributed by atoms with Crippen molar-refractivity contribution in [3.05, 3.63) is 0 Å². The largest absolute Gasteiger partial charge is 0.481 e. The molecular weight excluding hydrogens is 466 g/mol. The lowest BCUT2D eigenvalue weighted by Gasteiger charge is -2.28. The molecule has 15 heteroatoms. The van der Waals surface area contributed by atoms with E-state index in [0.29, 0.717) is 6.42 Å². The minimum Gasteiger partial charge on any atom is -0.481 e. The highest BCUT2D eigenvalue weighted by Crippen LogP contribution is 2.11. The molecule has 35 heavy (non-hydrogen) atoms. The predicted octanol–water partition coefficient (Wildman–Crippen LogP) is -3.19. The van der Waals surface area contributed by atoms with Gasteiger partial charge in [-0.05, 0) is 25.7 Å². The van der Waals surface area contributed by atoms with E-state index in [1.54, 1.807) is 13.8 Å². The number of aliphatic carboxylic acids is 2. The Morgan fingerprint density at radius 2 is 1.49 bits per heavy atom. The molecule has 0 aliphatic rings. The quantitative estimate of drug-likeness (QED) is 0.0574. The van der Waals surface area contributed by atoms with Crippen LogP contribution in [0, 0.1) is 5.92 Å². The van der Waals surface area contributed by atoms with Gasteiger partial charge in [-0.1, -0.05) is 20.3 Å². The number of aliphatic hydroxyl groups is 1. The smallest absolute Gasteiger partial charge is 0.326 e. The SMILES string of the molecule is CCC(C)C(NC(=O)C(CCCN=C(N)N)NC(=O)C(N)C(C)O)C(=O)NC(CC(=O)O)C(=O)O. The Bertz CT molecular complexity index is 785. The molecule has 0 saturated heterocycles. The van der Waals surface area contributed by atoms with Crippen molar-refractivity contribution in [3.63, 3.8) is 0 Å². The van der Waals surface area contributed by atoms with Gasteiger partial charge < -0.3 is 48.5 Å². The highest BCUT2D eigenvalue weighted by Gasteiger charge is 2.33. The number of carbonyl (C=O) groups excluding carboxylic acids is 3. The van der Waals surface area contributed by atoms with E-state index in [1.807, 2.05) is 0 Å². The zero-order valence-electron chi connectivity index (χ0n) is 20.1. The first-order chi connectivity index (χ1) is 16.2. The summed E-state index contributed by atoms with van der Waals surface area (Å²) in [5.41, 5.74) is 16.2. The average Bonchev–Trinajstić information content (AvgIpc) is 2.76. The van der Waals surface area contributed by atoms with E-state index in [0.717, 1.165) is 0 Å². The van der Waals surface area contributed by atoms with Crippen molar-refractivity contribution in [1.82, 2.24) is 16.0 Å². The minimum absolute atomic E-state index is 0.0481. The number of hydrogen-bond donors (Lipinski definition) is 9. The molecule has 0 bridgehead atoms. The van der Waals surface area contributed by atoms with Gasteiger partial charge >= 0.3 is 11.9 Å². The van der Waals surface area contributed by atoms with Gasteiger partial charge in [0.2, 0.25) is 17.7 Å². The first-order valence-corrected chi connectivity index (χ1v) is 11.1. The van der Waals surface area contributed by atoms with Gasteiger partial charge in [0.1, 0.15) is 24.2 Å². The van der Waals surface area contributed by atoms with E-state index in [-0.39, 0.29) is 25.3 Å². The molecule has 0 saturated carbocycles. The standard InChI is InChI=1S/C20H37N7O8/c1-4-9(2)15(18(33)26-12(19(34)35)8-13(29)30)27-16(31)11(6-5-7-24-20(22)23)25-17(32)14(21)10(3)28/h9-12,14-15,28H,4-8,21H2,1-3H3,(H,25,32)(H,26,33)(H,27,31)(H,29,30)(H,34,35)(H4,22,23,24). The number of rotatable bonds is 16. The Kier molecular flexibility index (Phi) is 13.9. The first-order valence-electron chi connectivity index (χ1n) is 11.1. The van der Waals surface area contributed by atoms with Crippen LogP contribution in [-0.2, 0) is 24.0 Å². The molecule has 15 nitrogen and oxygen atoms in total. The van der Waals surface area contributed by atoms with Crippen LogP contribution in [0.2, 0.25) is 0 Å². The highest BCUT2D eigenvalue weighted by molar-refractivity contribution is 5.94. The first kappa shape index (κ1) is 31.5. The molecule has 3 amide bonds. The van der Waals surface area contributed by atoms with Gasteiger partial charge in [0.25, 0.3) is 0 Å². The molecule has 12 N–H and O–H groups in total. The van der Waals surface area contributed by atoms with Crippen LogP contribution < -0.4 is 33.2 Å². The number of carbonyl (C=O) groups is 5. The topological polar surface area (TPSA) is 273 Å². The van der Waals surface area contributed by atoms with Crippen LogP contribution in [0.4, 0.5) is 0 Å². The summed E-state index contributed by atoms with van der Waals surface area (Å²) in [6.07, 6.45) is -1.33. The zero-order valence-corrected chi connectivity index (χ0v) is 20.1. The fraction of sp³-hybridized carbons (Fsp3) is 0.700. The minimum atomic E-state index is -1.71. The predicted molar refractivity (Wildman–Crippen MR) is 125 cm³/mol. The van der Waals surface area contributed by atoms with E-state index in [1.165, 1.54) is 6.92 Å². The lowest BCUT2D eigenvalue weighted by atomic mass is 9.97. The van der Waals surface area contributed by atoms with Crippen molar-refractivity contribution in [2.75, 3.05) is 6.54 Å². The summed E-state index contributed by atoms with van der Waals surface area (Å²) in [4.78, 5) is 64.2. The number of carboxylic acid groups (broad SMARTS) is 2. The number of carboxylic acids is 2. The Morgan fingerprint density at radius 3 is 1.94 bits per heavy atom. The lowest BCUT2D eigenvalue weighted by molar-refractivity contribution is -0.147. The third-order valence-corrected chi connectivity index (χ3v) is 5.19. The van der Waals surface area contributed by atoms with Gasteiger partial charge in [-0.2, -0.15) is 0 Å². The van der Waals surface area contributed by atoms with Crippen molar-refractivity contribution >= 4 is 35.6 Å². The fourth-order valence-electron chi connectivity index (χ4n) is 2.85. The molecule has 0 aliphatic carbocycles. The monoisotopic (exact) mass is 503 g/mol. The molecular formula is C20H37N7O8. The van der Waals surface area contributed by atoms with Crippen LogP contribution in [0.1, 0.15) is 46.5 Å². The summed E-state index contributed by atoms with van der Waals surface area (Å²) in [7, 11) is 0. The summed E-state index contributed by atoms with van der Waals surface area (Å²) in [6.45, 7) is 4.82. The van der Waals surface area contributed by atoms with Crippen LogP contribution >= 0.6 is 0 Å². The van der Waals surface area contributed by atoms with Gasteiger partial charge in [-0.3, -0.25) is 24.2 Å². The third kappa shape index (κ3) is 12.0. The van der Waals surface area contributed by atoms with E-state index in [4.69, 9.17) is 22.3 Å². The summed E-state index contributed by atoms with van der Waals surface area (Å²) in [5, 5.41) is 34.7. The van der Waals surface area contributed by atoms with Crippen LogP contribution in [0.25, 0.3) is 0 Å². The Hall–Kier alpha value is -3.46. The Labute approximate surface area is 202 Å². The second-order valence-electron chi connectivity index (χ2n) is 8.15. The second kappa shape index (κ2) is 15.4. The highest BCUT2D eigenvalue weighted by atomic mass is 16.4. The molecule has 0 fully saturated rings. The number of amides is 3. The second-order valence-corrected chi connectivity index (χ2v) is 8.15. The molecule has 0 aromatic heterocycles. The van der Waals surface area contributed by atoms with Gasteiger partial charge in [0.05, 0.1) is 12.5 Å². The maximum atomic E-state index is 13.0. The number of nitrogens with one attached hydrogen (secondary N) is 3. The molecule has 0 spiro atoms. The van der Waals surface area contributed by atoms with Gasteiger partial charge in [-0.25, -0.2) is 4.79 Å². The molecule has 0 radical (unpaired) electrons. The van der Waals surface area contributed by atoms with E-state index in [9.17, 15) is 34.2 Å². The Balaban J connectivity index is 5.67. The molecule has 0 heterocycles. The fourth-order valence-corrected chi connectivity index (χ4v) is 2.85. The van der Waals surface area contributed by atoms with Gasteiger partial charge in [0, 0.05) is 6.54 Å². The molecule has 200 valence electrons. The van der Waals surface area contributed by atoms with Crippen LogP contribution in [-0.4, -0.2) is 87.8 Å². The van der Waals surface area contributed by atoms with Gasteiger partial charge in [0.15, 0.2) is 5.96 Å². The number of aliphatic hydroxyl groups excluding tert-OH is 1. The van der Waals surface area contributed by atoms with Crippen LogP contribution in [0.15, 0.2) is 4.99 Å². The summed E-state index contributed by atoms with van der Waals surface area (Å²) in [6, 6.07) is -5.44. The zero-order chi connectivity index (χ0) is 27.3.